The van der Waals surface area contributed by atoms with Gasteiger partial charge in [-0.25, -0.2) is 0 Å². The third kappa shape index (κ3) is 4.12. The summed E-state index contributed by atoms with van der Waals surface area (Å²) < 4.78 is 0. The van der Waals surface area contributed by atoms with Crippen molar-refractivity contribution in [1.82, 2.24) is 0 Å². The Labute approximate surface area is 163 Å². The van der Waals surface area contributed by atoms with Gasteiger partial charge in [0.15, 0.2) is 0 Å². The maximum Gasteiger partial charge on any atom is 3.00 e. The summed E-state index contributed by atoms with van der Waals surface area (Å²) in [5.41, 5.74) is 7.50. The predicted octanol–water partition coefficient (Wildman–Crippen LogP) is -2.17. The maximum absolute atomic E-state index is 9.01. The van der Waals surface area contributed by atoms with Gasteiger partial charge in [-0.15, -0.1) is 46.1 Å². The van der Waals surface area contributed by atoms with Gasteiger partial charge in [0, 0.05) is 6.61 Å². The van der Waals surface area contributed by atoms with Crippen LogP contribution in [-0.2, 0) is 26.2 Å². The van der Waals surface area contributed by atoms with Gasteiger partial charge in [0.1, 0.15) is 0 Å². The van der Waals surface area contributed by atoms with Crippen LogP contribution in [0.5, 0.6) is 0 Å². The summed E-state index contributed by atoms with van der Waals surface area (Å²) >= 11 is 0. The second-order valence-electron chi connectivity index (χ2n) is 4.87. The number of halogens is 2. The minimum atomic E-state index is 0. The molecule has 0 amide bonds. The van der Waals surface area contributed by atoms with Gasteiger partial charge in [0.25, 0.3) is 0 Å². The summed E-state index contributed by atoms with van der Waals surface area (Å²) in [6.45, 7) is 2.30. The standard InChI is InChI=1S/C18H17O.2ClH.Zr/c1-2-16-17-6-4-3-5-14(17)12-18(16)15-8-7-13(11-15)9-10-19;;;/h2-7,11,19H,8-10H2,1H3;2*1H;/q-1;;;+3/p-2. The van der Waals surface area contributed by atoms with Crippen LogP contribution in [0.25, 0.3) is 5.57 Å². The van der Waals surface area contributed by atoms with Crippen LogP contribution in [0.15, 0.2) is 59.2 Å². The normalized spacial score (nSPS) is 16.6. The summed E-state index contributed by atoms with van der Waals surface area (Å²) in [6.07, 6.45) is 11.8. The summed E-state index contributed by atoms with van der Waals surface area (Å²) in [6, 6.07) is 8.40. The number of hydrogen-bond donors (Lipinski definition) is 1. The van der Waals surface area contributed by atoms with E-state index in [9.17, 15) is 0 Å². The number of allylic oxidation sites excluding steroid dienone is 6. The van der Waals surface area contributed by atoms with Gasteiger partial charge in [-0.3, -0.25) is 0 Å². The van der Waals surface area contributed by atoms with E-state index in [0.717, 1.165) is 12.8 Å². The second kappa shape index (κ2) is 9.68. The molecule has 1 N–H and O–H groups in total. The zero-order valence-corrected chi connectivity index (χ0v) is 16.3. The monoisotopic (exact) mass is 409 g/mol. The van der Waals surface area contributed by atoms with Gasteiger partial charge >= 0.3 is 26.2 Å². The van der Waals surface area contributed by atoms with E-state index >= 15 is 0 Å². The number of fused-ring (bicyclic) bond motifs is 1. The van der Waals surface area contributed by atoms with E-state index in [0.29, 0.717) is 0 Å². The molecule has 1 aromatic carbocycles. The molecule has 1 aromatic rings. The summed E-state index contributed by atoms with van der Waals surface area (Å²) in [5.74, 6) is 0. The predicted molar refractivity (Wildman–Crippen MR) is 78.4 cm³/mol. The van der Waals surface area contributed by atoms with Gasteiger partial charge in [-0.1, -0.05) is 42.8 Å². The molecule has 113 valence electrons. The zero-order chi connectivity index (χ0) is 13.2. The van der Waals surface area contributed by atoms with Crippen LogP contribution >= 0.6 is 0 Å². The maximum atomic E-state index is 9.01. The molecule has 1 nitrogen and oxygen atoms in total. The molecule has 0 fully saturated rings. The first kappa shape index (κ1) is 21.6. The van der Waals surface area contributed by atoms with E-state index in [1.165, 1.54) is 33.4 Å². The fourth-order valence-corrected chi connectivity index (χ4v) is 2.78. The van der Waals surface area contributed by atoms with Gasteiger partial charge in [0.2, 0.25) is 0 Å². The Morgan fingerprint density at radius 1 is 1.23 bits per heavy atom. The zero-order valence-electron chi connectivity index (χ0n) is 12.4. The molecular weight excluding hydrogens is 394 g/mol. The van der Waals surface area contributed by atoms with Crippen molar-refractivity contribution in [2.45, 2.75) is 19.8 Å². The minimum Gasteiger partial charge on any atom is -1.00 e. The molecule has 0 aromatic heterocycles. The largest absolute Gasteiger partial charge is 3.00 e. The van der Waals surface area contributed by atoms with E-state index in [-0.39, 0.29) is 57.6 Å². The third-order valence-corrected chi connectivity index (χ3v) is 3.70. The van der Waals surface area contributed by atoms with E-state index in [4.69, 9.17) is 5.11 Å². The number of aliphatic hydroxyl groups is 1. The van der Waals surface area contributed by atoms with Crippen LogP contribution in [0, 0.1) is 6.08 Å². The van der Waals surface area contributed by atoms with E-state index < -0.39 is 0 Å². The molecule has 2 aliphatic rings. The average molecular weight is 411 g/mol. The Kier molecular flexibility index (Phi) is 9.50. The molecule has 1 radical (unpaired) electrons. The third-order valence-electron chi connectivity index (χ3n) is 3.70. The fraction of sp³-hybridized carbons (Fsp3) is 0.222. The molecule has 3 rings (SSSR count). The summed E-state index contributed by atoms with van der Waals surface area (Å²) in [4.78, 5) is 0. The van der Waals surface area contributed by atoms with Crippen molar-refractivity contribution in [3.05, 3.63) is 76.4 Å². The van der Waals surface area contributed by atoms with Gasteiger partial charge in [0.05, 0.1) is 0 Å². The Balaban J connectivity index is 0.00000147. The molecule has 0 saturated heterocycles. The number of benzene rings is 1. The van der Waals surface area contributed by atoms with Crippen LogP contribution in [0.1, 0.15) is 30.9 Å². The summed E-state index contributed by atoms with van der Waals surface area (Å²) in [5, 5.41) is 9.01. The molecule has 0 atom stereocenters. The van der Waals surface area contributed by atoms with Crippen LogP contribution < -0.4 is 24.8 Å². The van der Waals surface area contributed by atoms with Crippen LogP contribution in [0.4, 0.5) is 0 Å². The molecule has 0 bridgehead atoms. The topological polar surface area (TPSA) is 20.2 Å². The smallest absolute Gasteiger partial charge is 1.00 e. The Hall–Kier alpha value is -0.397. The molecule has 0 spiro atoms. The molecule has 0 saturated carbocycles. The van der Waals surface area contributed by atoms with Crippen molar-refractivity contribution in [3.8, 4) is 0 Å². The van der Waals surface area contributed by atoms with Crippen molar-refractivity contribution in [1.29, 1.82) is 0 Å². The first-order valence-electron chi connectivity index (χ1n) is 6.74. The fourth-order valence-electron chi connectivity index (χ4n) is 2.78. The van der Waals surface area contributed by atoms with E-state index in [1.807, 2.05) is 0 Å². The average Bonchev–Trinajstić information content (AvgIpc) is 3.02. The molecule has 2 aliphatic carbocycles. The summed E-state index contributed by atoms with van der Waals surface area (Å²) in [7, 11) is 0. The molecule has 0 aliphatic heterocycles. The van der Waals surface area contributed by atoms with Gasteiger partial charge in [-0.2, -0.15) is 0 Å². The van der Waals surface area contributed by atoms with E-state index in [2.05, 4.69) is 55.5 Å². The second-order valence-corrected chi connectivity index (χ2v) is 4.87. The Morgan fingerprint density at radius 3 is 2.64 bits per heavy atom. The molecule has 22 heavy (non-hydrogen) atoms. The molecule has 0 heterocycles. The number of aliphatic hydroxyl groups excluding tert-OH is 1. The molecule has 4 heteroatoms. The van der Waals surface area contributed by atoms with Crippen LogP contribution in [0.3, 0.4) is 0 Å². The van der Waals surface area contributed by atoms with Crippen molar-refractivity contribution in [2.75, 3.05) is 6.61 Å². The van der Waals surface area contributed by atoms with Crippen molar-refractivity contribution < 1.29 is 56.1 Å². The minimum absolute atomic E-state index is 0. The SMILES string of the molecule is CC=C1C(C2=CC(CCO)=CC2)=[C-]c2ccccc21.[Cl-].[Cl-].[Zr+3]. The van der Waals surface area contributed by atoms with Crippen molar-refractivity contribution in [3.63, 3.8) is 0 Å². The number of hydrogen-bond acceptors (Lipinski definition) is 1. The Morgan fingerprint density at radius 2 is 1.95 bits per heavy atom. The first-order chi connectivity index (χ1) is 9.33. The molecular formula is C18H17Cl2OZr. The quantitative estimate of drug-likeness (QED) is 0.562. The van der Waals surface area contributed by atoms with E-state index in [1.54, 1.807) is 0 Å². The Bertz CT molecular complexity index is 642. The first-order valence-corrected chi connectivity index (χ1v) is 6.74. The van der Waals surface area contributed by atoms with Gasteiger partial charge in [-0.05, 0) is 12.8 Å². The van der Waals surface area contributed by atoms with Crippen LogP contribution in [0.2, 0.25) is 0 Å². The van der Waals surface area contributed by atoms with Gasteiger partial charge < -0.3 is 29.9 Å². The van der Waals surface area contributed by atoms with Crippen molar-refractivity contribution >= 4 is 5.57 Å². The van der Waals surface area contributed by atoms with Crippen molar-refractivity contribution in [2.24, 2.45) is 0 Å². The van der Waals surface area contributed by atoms with Crippen LogP contribution in [-0.4, -0.2) is 11.7 Å². The number of rotatable bonds is 3. The molecule has 0 unspecified atom stereocenters.